The smallest absolute Gasteiger partial charge is 0.319 e. The van der Waals surface area contributed by atoms with Gasteiger partial charge < -0.3 is 10.6 Å². The molecular weight excluding hydrogens is 332 g/mol. The van der Waals surface area contributed by atoms with Gasteiger partial charge in [0.1, 0.15) is 5.82 Å². The average molecular weight is 350 g/mol. The second kappa shape index (κ2) is 8.02. The van der Waals surface area contributed by atoms with Crippen LogP contribution in [0.15, 0.2) is 48.8 Å². The topological polar surface area (TPSA) is 113 Å². The highest BCUT2D eigenvalue weighted by molar-refractivity contribution is 5.96. The van der Waals surface area contributed by atoms with E-state index in [1.54, 1.807) is 36.7 Å². The Morgan fingerprint density at radius 1 is 1.15 bits per heavy atom. The van der Waals surface area contributed by atoms with Crippen LogP contribution in [0.1, 0.15) is 23.1 Å². The van der Waals surface area contributed by atoms with Crippen LogP contribution in [0.2, 0.25) is 0 Å². The van der Waals surface area contributed by atoms with Gasteiger partial charge in [0, 0.05) is 42.2 Å². The zero-order valence-electron chi connectivity index (χ0n) is 14.2. The van der Waals surface area contributed by atoms with E-state index in [1.165, 1.54) is 6.92 Å². The molecule has 0 saturated carbocycles. The predicted molar refractivity (Wildman–Crippen MR) is 96.8 cm³/mol. The van der Waals surface area contributed by atoms with Crippen LogP contribution < -0.4 is 10.6 Å². The van der Waals surface area contributed by atoms with Crippen LogP contribution in [0.4, 0.5) is 10.5 Å². The number of Topliss-reactive ketones (excluding diaryl/α,β-unsaturated/α-hetero) is 1. The number of carbonyl (C=O) groups is 2. The van der Waals surface area contributed by atoms with Crippen LogP contribution in [-0.2, 0) is 6.42 Å². The maximum absolute atomic E-state index is 12.0. The van der Waals surface area contributed by atoms with Crippen molar-refractivity contribution in [3.8, 4) is 11.4 Å². The Morgan fingerprint density at radius 3 is 2.73 bits per heavy atom. The summed E-state index contributed by atoms with van der Waals surface area (Å²) in [5, 5.41) is 12.5. The quantitative estimate of drug-likeness (QED) is 0.591. The van der Waals surface area contributed by atoms with Crippen molar-refractivity contribution in [1.29, 1.82) is 0 Å². The molecule has 0 fully saturated rings. The Kier molecular flexibility index (Phi) is 5.33. The number of benzene rings is 1. The monoisotopic (exact) mass is 350 g/mol. The van der Waals surface area contributed by atoms with Gasteiger partial charge in [-0.05, 0) is 31.2 Å². The Morgan fingerprint density at radius 2 is 1.96 bits per heavy atom. The van der Waals surface area contributed by atoms with Crippen molar-refractivity contribution in [2.75, 3.05) is 11.9 Å². The zero-order valence-corrected chi connectivity index (χ0v) is 14.2. The SMILES string of the molecule is CC(=O)c1cccc(NC(=O)NCCc2nc(-c3ccncc3)n[nH]2)c1. The minimum atomic E-state index is -0.348. The molecule has 0 saturated heterocycles. The molecule has 0 bridgehead atoms. The van der Waals surface area contributed by atoms with Gasteiger partial charge in [-0.15, -0.1) is 0 Å². The van der Waals surface area contributed by atoms with Crippen LogP contribution >= 0.6 is 0 Å². The van der Waals surface area contributed by atoms with Gasteiger partial charge in [-0.25, -0.2) is 9.78 Å². The second-order valence-corrected chi connectivity index (χ2v) is 5.61. The number of hydrogen-bond acceptors (Lipinski definition) is 5. The molecule has 8 heteroatoms. The van der Waals surface area contributed by atoms with Gasteiger partial charge >= 0.3 is 6.03 Å². The van der Waals surface area contributed by atoms with Crippen LogP contribution in [0.25, 0.3) is 11.4 Å². The third kappa shape index (κ3) is 4.50. The van der Waals surface area contributed by atoms with E-state index in [4.69, 9.17) is 0 Å². The van der Waals surface area contributed by atoms with Gasteiger partial charge in [-0.2, -0.15) is 5.10 Å². The molecule has 8 nitrogen and oxygen atoms in total. The molecule has 0 radical (unpaired) electrons. The highest BCUT2D eigenvalue weighted by Crippen LogP contribution is 2.13. The number of H-pyrrole nitrogens is 1. The van der Waals surface area contributed by atoms with E-state index in [9.17, 15) is 9.59 Å². The number of urea groups is 1. The lowest BCUT2D eigenvalue weighted by molar-refractivity contribution is 0.101. The fourth-order valence-corrected chi connectivity index (χ4v) is 2.32. The number of aromatic nitrogens is 4. The van der Waals surface area contributed by atoms with Gasteiger partial charge in [0.15, 0.2) is 11.6 Å². The summed E-state index contributed by atoms with van der Waals surface area (Å²) in [6.07, 6.45) is 3.87. The Labute approximate surface area is 150 Å². The minimum Gasteiger partial charge on any atom is -0.337 e. The first-order valence-corrected chi connectivity index (χ1v) is 8.09. The summed E-state index contributed by atoms with van der Waals surface area (Å²) >= 11 is 0. The number of aromatic amines is 1. The second-order valence-electron chi connectivity index (χ2n) is 5.61. The maximum Gasteiger partial charge on any atom is 0.319 e. The average Bonchev–Trinajstić information content (AvgIpc) is 3.11. The fourth-order valence-electron chi connectivity index (χ4n) is 2.32. The number of pyridine rings is 1. The van der Waals surface area contributed by atoms with E-state index in [0.29, 0.717) is 35.9 Å². The lowest BCUT2D eigenvalue weighted by atomic mass is 10.1. The number of nitrogens with one attached hydrogen (secondary N) is 3. The highest BCUT2D eigenvalue weighted by atomic mass is 16.2. The Balaban J connectivity index is 1.49. The number of hydrogen-bond donors (Lipinski definition) is 3. The van der Waals surface area contributed by atoms with Gasteiger partial charge in [-0.3, -0.25) is 14.9 Å². The highest BCUT2D eigenvalue weighted by Gasteiger charge is 2.07. The minimum absolute atomic E-state index is 0.0515. The van der Waals surface area contributed by atoms with Gasteiger partial charge in [0.2, 0.25) is 0 Å². The molecule has 3 rings (SSSR count). The molecular formula is C18H18N6O2. The summed E-state index contributed by atoms with van der Waals surface area (Å²) in [5.41, 5.74) is 1.99. The van der Waals surface area contributed by atoms with E-state index in [-0.39, 0.29) is 11.8 Å². The first-order valence-electron chi connectivity index (χ1n) is 8.09. The summed E-state index contributed by atoms with van der Waals surface area (Å²) in [4.78, 5) is 31.7. The van der Waals surface area contributed by atoms with Crippen molar-refractivity contribution < 1.29 is 9.59 Å². The first kappa shape index (κ1) is 17.3. The molecule has 0 unspecified atom stereocenters. The molecule has 26 heavy (non-hydrogen) atoms. The van der Waals surface area contributed by atoms with Gasteiger partial charge in [-0.1, -0.05) is 12.1 Å². The first-order chi connectivity index (χ1) is 12.6. The zero-order chi connectivity index (χ0) is 18.4. The maximum atomic E-state index is 12.0. The fraction of sp³-hybridized carbons (Fsp3) is 0.167. The normalized spacial score (nSPS) is 10.3. The molecule has 3 aromatic rings. The van der Waals surface area contributed by atoms with Crippen molar-refractivity contribution >= 4 is 17.5 Å². The van der Waals surface area contributed by atoms with Crippen molar-refractivity contribution in [2.45, 2.75) is 13.3 Å². The molecule has 1 aromatic carbocycles. The van der Waals surface area contributed by atoms with E-state index in [0.717, 1.165) is 5.56 Å². The Bertz CT molecular complexity index is 907. The van der Waals surface area contributed by atoms with Gasteiger partial charge in [0.25, 0.3) is 0 Å². The summed E-state index contributed by atoms with van der Waals surface area (Å²) in [6, 6.07) is 10.1. The number of ketones is 1. The van der Waals surface area contributed by atoms with Crippen LogP contribution in [0.3, 0.4) is 0 Å². The number of carbonyl (C=O) groups excluding carboxylic acids is 2. The largest absolute Gasteiger partial charge is 0.337 e. The molecule has 2 heterocycles. The molecule has 2 amide bonds. The summed E-state index contributed by atoms with van der Waals surface area (Å²) in [5.74, 6) is 1.22. The molecule has 0 aliphatic heterocycles. The third-order valence-electron chi connectivity index (χ3n) is 3.64. The summed E-state index contributed by atoms with van der Waals surface area (Å²) in [6.45, 7) is 1.88. The standard InChI is InChI=1S/C18H18N6O2/c1-12(25)14-3-2-4-15(11-14)21-18(26)20-10-7-16-22-17(24-23-16)13-5-8-19-9-6-13/h2-6,8-9,11H,7,10H2,1H3,(H2,20,21,26)(H,22,23,24). The van der Waals surface area contributed by atoms with Crippen molar-refractivity contribution in [1.82, 2.24) is 25.5 Å². The summed E-state index contributed by atoms with van der Waals surface area (Å²) < 4.78 is 0. The lowest BCUT2D eigenvalue weighted by Gasteiger charge is -2.07. The summed E-state index contributed by atoms with van der Waals surface area (Å²) in [7, 11) is 0. The molecule has 0 atom stereocenters. The van der Waals surface area contributed by atoms with E-state index in [2.05, 4.69) is 30.8 Å². The molecule has 0 spiro atoms. The Hall–Kier alpha value is -3.55. The molecule has 132 valence electrons. The number of amides is 2. The number of rotatable bonds is 6. The molecule has 3 N–H and O–H groups in total. The molecule has 0 aliphatic rings. The molecule has 0 aliphatic carbocycles. The lowest BCUT2D eigenvalue weighted by Crippen LogP contribution is -2.30. The molecule has 2 aromatic heterocycles. The van der Waals surface area contributed by atoms with Crippen LogP contribution in [-0.4, -0.2) is 38.5 Å². The van der Waals surface area contributed by atoms with E-state index < -0.39 is 0 Å². The van der Waals surface area contributed by atoms with Crippen LogP contribution in [0.5, 0.6) is 0 Å². The van der Waals surface area contributed by atoms with Crippen molar-refractivity contribution in [3.63, 3.8) is 0 Å². The third-order valence-corrected chi connectivity index (χ3v) is 3.64. The number of nitrogens with zero attached hydrogens (tertiary/aromatic N) is 3. The van der Waals surface area contributed by atoms with E-state index >= 15 is 0 Å². The van der Waals surface area contributed by atoms with Crippen molar-refractivity contribution in [3.05, 3.63) is 60.2 Å². The predicted octanol–water partition coefficient (Wildman–Crippen LogP) is 2.43. The van der Waals surface area contributed by atoms with Crippen molar-refractivity contribution in [2.24, 2.45) is 0 Å². The van der Waals surface area contributed by atoms with Gasteiger partial charge in [0.05, 0.1) is 0 Å². The van der Waals surface area contributed by atoms with E-state index in [1.807, 2.05) is 12.1 Å². The number of anilines is 1. The van der Waals surface area contributed by atoms with Crippen LogP contribution in [0, 0.1) is 0 Å².